The maximum atomic E-state index is 5.73. The first-order valence-corrected chi connectivity index (χ1v) is 4.84. The molecule has 0 aliphatic rings. The Morgan fingerprint density at radius 3 is 3.00 bits per heavy atom. The number of nitrogen functional groups attached to an aromatic ring is 1. The van der Waals surface area contributed by atoms with Gasteiger partial charge in [-0.25, -0.2) is 9.97 Å². The van der Waals surface area contributed by atoms with Gasteiger partial charge in [-0.2, -0.15) is 0 Å². The molecule has 0 amide bonds. The van der Waals surface area contributed by atoms with Crippen LogP contribution in [0.3, 0.4) is 0 Å². The summed E-state index contributed by atoms with van der Waals surface area (Å²) in [6.45, 7) is 1.85. The van der Waals surface area contributed by atoms with Gasteiger partial charge in [0.1, 0.15) is 10.9 Å². The highest BCUT2D eigenvalue weighted by Crippen LogP contribution is 2.26. The predicted molar refractivity (Wildman–Crippen MR) is 53.9 cm³/mol. The molecule has 0 spiro atoms. The van der Waals surface area contributed by atoms with Gasteiger partial charge >= 0.3 is 0 Å². The molecule has 14 heavy (non-hydrogen) atoms. The highest BCUT2D eigenvalue weighted by atomic mass is 32.2. The Bertz CT molecular complexity index is 439. The lowest BCUT2D eigenvalue weighted by atomic mass is 10.4. The summed E-state index contributed by atoms with van der Waals surface area (Å²) >= 11 is 1.35. The number of hydrogen-bond donors (Lipinski definition) is 2. The van der Waals surface area contributed by atoms with Crippen LogP contribution in [0.15, 0.2) is 28.5 Å². The van der Waals surface area contributed by atoms with Crippen LogP contribution in [0.5, 0.6) is 0 Å². The van der Waals surface area contributed by atoms with E-state index in [2.05, 4.69) is 20.2 Å². The number of aromatic nitrogens is 4. The van der Waals surface area contributed by atoms with Gasteiger partial charge in [-0.3, -0.25) is 5.10 Å². The molecule has 0 saturated carbocycles. The highest BCUT2D eigenvalue weighted by Gasteiger charge is 2.06. The molecule has 0 atom stereocenters. The Labute approximate surface area is 85.2 Å². The van der Waals surface area contributed by atoms with Crippen molar-refractivity contribution in [2.45, 2.75) is 17.1 Å². The minimum absolute atomic E-state index is 0.632. The summed E-state index contributed by atoms with van der Waals surface area (Å²) < 4.78 is 0. The van der Waals surface area contributed by atoms with Crippen molar-refractivity contribution in [3.8, 4) is 0 Å². The van der Waals surface area contributed by atoms with Crippen LogP contribution < -0.4 is 5.73 Å². The van der Waals surface area contributed by atoms with E-state index < -0.39 is 0 Å². The number of nitrogens with one attached hydrogen (secondary N) is 1. The number of nitrogens with two attached hydrogens (primary N) is 1. The van der Waals surface area contributed by atoms with Gasteiger partial charge in [0.05, 0.1) is 5.69 Å². The molecule has 0 saturated heterocycles. The van der Waals surface area contributed by atoms with Gasteiger partial charge < -0.3 is 5.73 Å². The molecule has 0 bridgehead atoms. The van der Waals surface area contributed by atoms with Gasteiger partial charge in [0, 0.05) is 6.20 Å². The summed E-state index contributed by atoms with van der Waals surface area (Å²) in [6, 6.07) is 3.59. The maximum Gasteiger partial charge on any atom is 0.214 e. The number of pyridine rings is 1. The number of H-pyrrole nitrogens is 1. The summed E-state index contributed by atoms with van der Waals surface area (Å²) in [7, 11) is 0. The second kappa shape index (κ2) is 3.67. The lowest BCUT2D eigenvalue weighted by Gasteiger charge is -1.98. The zero-order valence-electron chi connectivity index (χ0n) is 7.56. The van der Waals surface area contributed by atoms with E-state index in [1.165, 1.54) is 11.8 Å². The summed E-state index contributed by atoms with van der Waals surface area (Å²) in [4.78, 5) is 8.27. The molecule has 2 aromatic rings. The van der Waals surface area contributed by atoms with Crippen molar-refractivity contribution in [3.05, 3.63) is 24.2 Å². The zero-order chi connectivity index (χ0) is 9.97. The third-order valence-electron chi connectivity index (χ3n) is 1.57. The van der Waals surface area contributed by atoms with Crippen molar-refractivity contribution in [2.75, 3.05) is 5.73 Å². The van der Waals surface area contributed by atoms with Crippen LogP contribution in [0.4, 0.5) is 5.69 Å². The van der Waals surface area contributed by atoms with Crippen LogP contribution in [-0.4, -0.2) is 20.2 Å². The molecule has 2 heterocycles. The van der Waals surface area contributed by atoms with Crippen molar-refractivity contribution < 1.29 is 0 Å². The molecular formula is C8H9N5S. The van der Waals surface area contributed by atoms with E-state index in [1.54, 1.807) is 18.3 Å². The van der Waals surface area contributed by atoms with Crippen LogP contribution in [0.1, 0.15) is 5.82 Å². The molecule has 0 aliphatic heterocycles. The molecule has 2 rings (SSSR count). The van der Waals surface area contributed by atoms with Crippen molar-refractivity contribution in [2.24, 2.45) is 0 Å². The van der Waals surface area contributed by atoms with Crippen molar-refractivity contribution in [1.82, 2.24) is 20.2 Å². The average molecular weight is 207 g/mol. The Morgan fingerprint density at radius 1 is 1.50 bits per heavy atom. The quantitative estimate of drug-likeness (QED) is 0.774. The van der Waals surface area contributed by atoms with Crippen LogP contribution >= 0.6 is 11.8 Å². The minimum Gasteiger partial charge on any atom is -0.397 e. The molecule has 2 aromatic heterocycles. The van der Waals surface area contributed by atoms with Crippen molar-refractivity contribution >= 4 is 17.4 Å². The largest absolute Gasteiger partial charge is 0.397 e. The molecule has 0 aromatic carbocycles. The smallest absolute Gasteiger partial charge is 0.214 e. The lowest BCUT2D eigenvalue weighted by Crippen LogP contribution is -1.90. The van der Waals surface area contributed by atoms with Gasteiger partial charge in [0.25, 0.3) is 0 Å². The first-order valence-electron chi connectivity index (χ1n) is 4.03. The van der Waals surface area contributed by atoms with E-state index in [-0.39, 0.29) is 0 Å². The highest BCUT2D eigenvalue weighted by molar-refractivity contribution is 7.99. The Hall–Kier alpha value is -1.56. The monoisotopic (exact) mass is 207 g/mol. The van der Waals surface area contributed by atoms with E-state index in [0.717, 1.165) is 10.9 Å². The minimum atomic E-state index is 0.632. The molecule has 0 fully saturated rings. The van der Waals surface area contributed by atoms with Gasteiger partial charge in [0.2, 0.25) is 5.16 Å². The molecule has 0 unspecified atom stereocenters. The second-order valence-electron chi connectivity index (χ2n) is 2.70. The van der Waals surface area contributed by atoms with Crippen molar-refractivity contribution in [1.29, 1.82) is 0 Å². The fourth-order valence-electron chi connectivity index (χ4n) is 0.943. The number of anilines is 1. The number of nitrogens with zero attached hydrogens (tertiary/aromatic N) is 3. The molecule has 72 valence electrons. The lowest BCUT2D eigenvalue weighted by molar-refractivity contribution is 0.965. The van der Waals surface area contributed by atoms with E-state index in [9.17, 15) is 0 Å². The van der Waals surface area contributed by atoms with Gasteiger partial charge in [-0.1, -0.05) is 0 Å². The topological polar surface area (TPSA) is 80.5 Å². The Balaban J connectivity index is 2.23. The Kier molecular flexibility index (Phi) is 2.36. The number of aryl methyl sites for hydroxylation is 1. The van der Waals surface area contributed by atoms with E-state index >= 15 is 0 Å². The van der Waals surface area contributed by atoms with E-state index in [4.69, 9.17) is 5.73 Å². The predicted octanol–water partition coefficient (Wildman–Crippen LogP) is 1.24. The van der Waals surface area contributed by atoms with Crippen LogP contribution in [0.25, 0.3) is 0 Å². The summed E-state index contributed by atoms with van der Waals surface area (Å²) in [6.07, 6.45) is 1.69. The standard InChI is InChI=1S/C8H9N5S/c1-5-11-8(13-12-5)14-7-6(9)3-2-4-10-7/h2-4H,9H2,1H3,(H,11,12,13). The normalized spacial score (nSPS) is 10.4. The molecule has 0 aliphatic carbocycles. The SMILES string of the molecule is Cc1nc(Sc2ncccc2N)n[nH]1. The molecular weight excluding hydrogens is 198 g/mol. The maximum absolute atomic E-state index is 5.73. The number of hydrogen-bond acceptors (Lipinski definition) is 5. The van der Waals surface area contributed by atoms with Gasteiger partial charge in [-0.15, -0.1) is 5.10 Å². The summed E-state index contributed by atoms with van der Waals surface area (Å²) in [5.74, 6) is 0.780. The number of rotatable bonds is 2. The van der Waals surface area contributed by atoms with Crippen molar-refractivity contribution in [3.63, 3.8) is 0 Å². The van der Waals surface area contributed by atoms with Gasteiger partial charge in [-0.05, 0) is 30.8 Å². The summed E-state index contributed by atoms with van der Waals surface area (Å²) in [5, 5.41) is 8.10. The first kappa shape index (κ1) is 9.01. The molecule has 6 heteroatoms. The third-order valence-corrected chi connectivity index (χ3v) is 2.46. The van der Waals surface area contributed by atoms with Crippen LogP contribution in [0, 0.1) is 6.92 Å². The molecule has 0 radical (unpaired) electrons. The molecule has 3 N–H and O–H groups in total. The zero-order valence-corrected chi connectivity index (χ0v) is 8.38. The fraction of sp³-hybridized carbons (Fsp3) is 0.125. The van der Waals surface area contributed by atoms with Crippen LogP contribution in [0.2, 0.25) is 0 Å². The average Bonchev–Trinajstić information content (AvgIpc) is 2.56. The number of aromatic amines is 1. The third kappa shape index (κ3) is 1.85. The Morgan fingerprint density at radius 2 is 2.36 bits per heavy atom. The summed E-state index contributed by atoms with van der Waals surface area (Å²) in [5.41, 5.74) is 6.36. The van der Waals surface area contributed by atoms with E-state index in [0.29, 0.717) is 10.8 Å². The molecule has 5 nitrogen and oxygen atoms in total. The van der Waals surface area contributed by atoms with Crippen LogP contribution in [-0.2, 0) is 0 Å². The van der Waals surface area contributed by atoms with Gasteiger partial charge in [0.15, 0.2) is 0 Å². The van der Waals surface area contributed by atoms with E-state index in [1.807, 2.05) is 6.92 Å². The fourth-order valence-corrected chi connectivity index (χ4v) is 1.69. The second-order valence-corrected chi connectivity index (χ2v) is 3.66. The first-order chi connectivity index (χ1) is 6.75.